The highest BCUT2D eigenvalue weighted by atomic mass is 32.2. The molecule has 0 amide bonds. The number of ether oxygens (including phenoxy) is 1. The van der Waals surface area contributed by atoms with Crippen LogP contribution in [-0.4, -0.2) is 48.7 Å². The third-order valence-electron chi connectivity index (χ3n) is 5.46. The second-order valence-corrected chi connectivity index (χ2v) is 9.61. The molecule has 30 heavy (non-hydrogen) atoms. The molecule has 1 aliphatic rings. The normalized spacial score (nSPS) is 15.2. The molecule has 1 saturated carbocycles. The molecule has 8 heteroatoms. The summed E-state index contributed by atoms with van der Waals surface area (Å²) in [5.41, 5.74) is 1.57. The summed E-state index contributed by atoms with van der Waals surface area (Å²) >= 11 is 0. The van der Waals surface area contributed by atoms with Crippen molar-refractivity contribution in [3.63, 3.8) is 0 Å². The Morgan fingerprint density at radius 2 is 1.83 bits per heavy atom. The summed E-state index contributed by atoms with van der Waals surface area (Å²) in [6.45, 7) is 7.22. The number of carbonyl (C=O) groups is 2. The van der Waals surface area contributed by atoms with Crippen molar-refractivity contribution in [3.8, 4) is 0 Å². The van der Waals surface area contributed by atoms with Gasteiger partial charge in [-0.15, -0.1) is 0 Å². The van der Waals surface area contributed by atoms with Gasteiger partial charge in [-0.1, -0.05) is 18.2 Å². The predicted octanol–water partition coefficient (Wildman–Crippen LogP) is 3.48. The minimum absolute atomic E-state index is 0.167. The summed E-state index contributed by atoms with van der Waals surface area (Å²) in [4.78, 5) is 28.7. The number of aryl methyl sites for hydroxylation is 1. The van der Waals surface area contributed by atoms with E-state index >= 15 is 0 Å². The molecule has 1 aromatic heterocycles. The van der Waals surface area contributed by atoms with Crippen molar-refractivity contribution in [2.24, 2.45) is 5.92 Å². The van der Waals surface area contributed by atoms with Gasteiger partial charge in [0.05, 0.1) is 17.5 Å². The maximum atomic E-state index is 13.4. The third kappa shape index (κ3) is 4.34. The van der Waals surface area contributed by atoms with Crippen LogP contribution in [-0.2, 0) is 14.8 Å². The van der Waals surface area contributed by atoms with Crippen LogP contribution in [0.15, 0.2) is 35.2 Å². The number of Topliss-reactive ketones (excluding diaryl/α,β-unsaturated/α-hetero) is 1. The number of aromatic amines is 1. The number of nitrogens with one attached hydrogen (secondary N) is 1. The van der Waals surface area contributed by atoms with E-state index in [1.54, 1.807) is 45.9 Å². The van der Waals surface area contributed by atoms with E-state index in [1.807, 2.05) is 0 Å². The molecular formula is C22H28N2O5S. The van der Waals surface area contributed by atoms with Crippen molar-refractivity contribution in [1.82, 2.24) is 9.29 Å². The molecule has 1 aromatic carbocycles. The Balaban J connectivity index is 1.97. The second kappa shape index (κ2) is 8.73. The number of hydrogen-bond acceptors (Lipinski definition) is 5. The summed E-state index contributed by atoms with van der Waals surface area (Å²) < 4.78 is 33.0. The number of benzene rings is 1. The van der Waals surface area contributed by atoms with Crippen LogP contribution in [0.5, 0.6) is 0 Å². The quantitative estimate of drug-likeness (QED) is 0.483. The molecule has 1 fully saturated rings. The summed E-state index contributed by atoms with van der Waals surface area (Å²) in [5.74, 6) is -0.601. The number of hydrogen-bond donors (Lipinski definition) is 1. The highest BCUT2D eigenvalue weighted by Crippen LogP contribution is 2.33. The molecule has 1 heterocycles. The molecule has 1 N–H and O–H groups in total. The van der Waals surface area contributed by atoms with Gasteiger partial charge in [-0.25, -0.2) is 13.2 Å². The number of nitrogens with zero attached hydrogens (tertiary/aromatic N) is 1. The summed E-state index contributed by atoms with van der Waals surface area (Å²) in [7, 11) is -3.84. The zero-order chi connectivity index (χ0) is 22.1. The smallest absolute Gasteiger partial charge is 0.355 e. The first kappa shape index (κ1) is 22.2. The first-order valence-electron chi connectivity index (χ1n) is 10.2. The number of aromatic nitrogens is 1. The Morgan fingerprint density at radius 1 is 1.20 bits per heavy atom. The summed E-state index contributed by atoms with van der Waals surface area (Å²) in [6, 6.07) is 7.26. The lowest BCUT2D eigenvalue weighted by molar-refractivity contribution is 0.0519. The standard InChI is InChI=1S/C22H28N2O5S/c1-5-29-22(26)20-14(2)19(15(3)23-20)21(25)16(4)24(13-17-11-12-17)30(27,28)18-9-7-6-8-10-18/h6-10,16-17,23H,5,11-13H2,1-4H3/t16-/m1/s1. The number of ketones is 1. The van der Waals surface area contributed by atoms with E-state index in [4.69, 9.17) is 4.74 Å². The molecule has 162 valence electrons. The van der Waals surface area contributed by atoms with Crippen LogP contribution in [0.4, 0.5) is 0 Å². The number of sulfonamides is 1. The molecule has 3 rings (SSSR count). The van der Waals surface area contributed by atoms with Gasteiger partial charge in [0.25, 0.3) is 0 Å². The highest BCUT2D eigenvalue weighted by molar-refractivity contribution is 7.89. The van der Waals surface area contributed by atoms with E-state index < -0.39 is 22.0 Å². The molecular weight excluding hydrogens is 404 g/mol. The summed E-state index contributed by atoms with van der Waals surface area (Å²) in [5, 5.41) is 0. The molecule has 0 aliphatic heterocycles. The van der Waals surface area contributed by atoms with E-state index in [1.165, 1.54) is 16.4 Å². The monoisotopic (exact) mass is 432 g/mol. The second-order valence-electron chi connectivity index (χ2n) is 7.72. The van der Waals surface area contributed by atoms with E-state index in [0.29, 0.717) is 23.4 Å². The fourth-order valence-corrected chi connectivity index (χ4v) is 5.30. The lowest BCUT2D eigenvalue weighted by atomic mass is 10.0. The minimum Gasteiger partial charge on any atom is -0.461 e. The molecule has 2 aromatic rings. The van der Waals surface area contributed by atoms with Gasteiger partial charge in [0.2, 0.25) is 10.0 Å². The largest absolute Gasteiger partial charge is 0.461 e. The Bertz CT molecular complexity index is 1040. The average molecular weight is 433 g/mol. The van der Waals surface area contributed by atoms with Gasteiger partial charge in [0.1, 0.15) is 5.69 Å². The number of rotatable bonds is 9. The van der Waals surface area contributed by atoms with Crippen molar-refractivity contribution in [2.45, 2.75) is 51.5 Å². The van der Waals surface area contributed by atoms with Crippen LogP contribution in [0.2, 0.25) is 0 Å². The zero-order valence-electron chi connectivity index (χ0n) is 17.8. The van der Waals surface area contributed by atoms with Gasteiger partial charge in [0, 0.05) is 17.8 Å². The molecule has 0 unspecified atom stereocenters. The Morgan fingerprint density at radius 3 is 2.40 bits per heavy atom. The van der Waals surface area contributed by atoms with Crippen molar-refractivity contribution in [1.29, 1.82) is 0 Å². The van der Waals surface area contributed by atoms with E-state index in [-0.39, 0.29) is 28.9 Å². The minimum atomic E-state index is -3.84. The van der Waals surface area contributed by atoms with E-state index in [0.717, 1.165) is 12.8 Å². The number of carbonyl (C=O) groups excluding carboxylic acids is 2. The molecule has 1 aliphatic carbocycles. The summed E-state index contributed by atoms with van der Waals surface area (Å²) in [6.07, 6.45) is 1.91. The van der Waals surface area contributed by atoms with E-state index in [2.05, 4.69) is 4.98 Å². The fourth-order valence-electron chi connectivity index (χ4n) is 3.61. The topological polar surface area (TPSA) is 96.5 Å². The van der Waals surface area contributed by atoms with Gasteiger partial charge in [-0.3, -0.25) is 4.79 Å². The van der Waals surface area contributed by atoms with Crippen LogP contribution in [0.25, 0.3) is 0 Å². The number of esters is 1. The average Bonchev–Trinajstić information content (AvgIpc) is 3.49. The SMILES string of the molecule is CCOC(=O)c1[nH]c(C)c(C(=O)[C@@H](C)N(CC2CC2)S(=O)(=O)c2ccccc2)c1C. The van der Waals surface area contributed by atoms with Crippen LogP contribution in [0.3, 0.4) is 0 Å². The molecule has 0 saturated heterocycles. The Labute approximate surface area is 177 Å². The fraction of sp³-hybridized carbons (Fsp3) is 0.455. The van der Waals surface area contributed by atoms with Crippen molar-refractivity contribution in [3.05, 3.63) is 52.8 Å². The Hall–Kier alpha value is -2.45. The van der Waals surface area contributed by atoms with Crippen LogP contribution in [0, 0.1) is 19.8 Å². The van der Waals surface area contributed by atoms with Crippen LogP contribution in [0.1, 0.15) is 58.8 Å². The molecule has 7 nitrogen and oxygen atoms in total. The van der Waals surface area contributed by atoms with Crippen molar-refractivity contribution in [2.75, 3.05) is 13.2 Å². The molecule has 0 spiro atoms. The van der Waals surface area contributed by atoms with E-state index in [9.17, 15) is 18.0 Å². The van der Waals surface area contributed by atoms with Gasteiger partial charge >= 0.3 is 5.97 Å². The predicted molar refractivity (Wildman–Crippen MR) is 113 cm³/mol. The van der Waals surface area contributed by atoms with Crippen molar-refractivity contribution < 1.29 is 22.7 Å². The zero-order valence-corrected chi connectivity index (χ0v) is 18.6. The van der Waals surface area contributed by atoms with Crippen molar-refractivity contribution >= 4 is 21.8 Å². The lowest BCUT2D eigenvalue weighted by Crippen LogP contribution is -2.44. The number of H-pyrrole nitrogens is 1. The van der Waals surface area contributed by atoms with Gasteiger partial charge in [-0.05, 0) is 64.2 Å². The first-order valence-corrected chi connectivity index (χ1v) is 11.6. The molecule has 1 atom stereocenters. The van der Waals surface area contributed by atoms with Crippen LogP contribution < -0.4 is 0 Å². The lowest BCUT2D eigenvalue weighted by Gasteiger charge is -2.28. The maximum Gasteiger partial charge on any atom is 0.355 e. The molecule has 0 radical (unpaired) electrons. The van der Waals surface area contributed by atoms with Crippen LogP contribution >= 0.6 is 0 Å². The third-order valence-corrected chi connectivity index (χ3v) is 7.41. The molecule has 0 bridgehead atoms. The maximum absolute atomic E-state index is 13.4. The highest BCUT2D eigenvalue weighted by Gasteiger charge is 2.39. The van der Waals surface area contributed by atoms with Gasteiger partial charge in [0.15, 0.2) is 5.78 Å². The van der Waals surface area contributed by atoms with Gasteiger partial charge in [-0.2, -0.15) is 4.31 Å². The first-order chi connectivity index (χ1) is 14.2. The Kier molecular flexibility index (Phi) is 6.47. The van der Waals surface area contributed by atoms with Gasteiger partial charge < -0.3 is 9.72 Å².